The topological polar surface area (TPSA) is 119 Å². The molecule has 22 heavy (non-hydrogen) atoms. The van der Waals surface area contributed by atoms with Crippen LogP contribution in [0.1, 0.15) is 13.3 Å². The summed E-state index contributed by atoms with van der Waals surface area (Å²) in [7, 11) is 0. The van der Waals surface area contributed by atoms with Crippen LogP contribution in [0.25, 0.3) is 0 Å². The van der Waals surface area contributed by atoms with Gasteiger partial charge in [-0.3, -0.25) is 20.2 Å². The Morgan fingerprint density at radius 1 is 1.41 bits per heavy atom. The Hall–Kier alpha value is -2.26. The summed E-state index contributed by atoms with van der Waals surface area (Å²) in [5.74, 6) is 0. The summed E-state index contributed by atoms with van der Waals surface area (Å²) in [6.45, 7) is 2.82. The second-order valence-electron chi connectivity index (χ2n) is 5.19. The van der Waals surface area contributed by atoms with Gasteiger partial charge in [-0.05, 0) is 19.4 Å². The van der Waals surface area contributed by atoms with Crippen LogP contribution in [0.4, 0.5) is 17.1 Å². The lowest BCUT2D eigenvalue weighted by atomic mass is 10.1. The molecule has 1 aliphatic rings. The minimum Gasteiger partial charge on any atom is -0.393 e. The van der Waals surface area contributed by atoms with Gasteiger partial charge in [-0.15, -0.1) is 0 Å². The summed E-state index contributed by atoms with van der Waals surface area (Å²) in [6.07, 6.45) is -0.181. The van der Waals surface area contributed by atoms with E-state index in [-0.39, 0.29) is 17.4 Å². The largest absolute Gasteiger partial charge is 0.393 e. The van der Waals surface area contributed by atoms with Gasteiger partial charge >= 0.3 is 0 Å². The molecular formula is C13H17N3O6. The van der Waals surface area contributed by atoms with E-state index in [2.05, 4.69) is 0 Å². The van der Waals surface area contributed by atoms with E-state index >= 15 is 0 Å². The van der Waals surface area contributed by atoms with E-state index < -0.39 is 16.0 Å². The molecule has 0 bridgehead atoms. The number of hydrogen-bond acceptors (Lipinski definition) is 7. The Labute approximate surface area is 126 Å². The predicted molar refractivity (Wildman–Crippen MR) is 78.0 cm³/mol. The number of nitrogens with zero attached hydrogens (tertiary/aromatic N) is 3. The molecule has 2 rings (SSSR count). The highest BCUT2D eigenvalue weighted by Crippen LogP contribution is 2.34. The van der Waals surface area contributed by atoms with Crippen molar-refractivity contribution in [3.05, 3.63) is 38.4 Å². The van der Waals surface area contributed by atoms with E-state index in [1.165, 1.54) is 12.1 Å². The number of hydrogen-bond donors (Lipinski definition) is 1. The van der Waals surface area contributed by atoms with Crippen LogP contribution in [-0.4, -0.2) is 46.9 Å². The molecule has 2 unspecified atom stereocenters. The molecule has 9 nitrogen and oxygen atoms in total. The van der Waals surface area contributed by atoms with Gasteiger partial charge in [0.25, 0.3) is 11.4 Å². The van der Waals surface area contributed by atoms with Gasteiger partial charge in [-0.2, -0.15) is 0 Å². The van der Waals surface area contributed by atoms with Crippen LogP contribution in [0.3, 0.4) is 0 Å². The van der Waals surface area contributed by atoms with Crippen LogP contribution in [0.5, 0.6) is 0 Å². The number of ether oxygens (including phenoxy) is 1. The van der Waals surface area contributed by atoms with Gasteiger partial charge in [0.2, 0.25) is 0 Å². The minimum atomic E-state index is -0.663. The fourth-order valence-electron chi connectivity index (χ4n) is 2.58. The number of aliphatic hydroxyl groups is 1. The van der Waals surface area contributed by atoms with Gasteiger partial charge in [0.15, 0.2) is 0 Å². The highest BCUT2D eigenvalue weighted by atomic mass is 16.6. The van der Waals surface area contributed by atoms with Crippen LogP contribution in [0, 0.1) is 20.2 Å². The van der Waals surface area contributed by atoms with Gasteiger partial charge in [-0.25, -0.2) is 0 Å². The number of benzene rings is 1. The van der Waals surface area contributed by atoms with E-state index in [1.54, 1.807) is 11.8 Å². The molecule has 120 valence electrons. The number of non-ortho nitro benzene ring substituents is 1. The summed E-state index contributed by atoms with van der Waals surface area (Å²) in [6, 6.07) is 3.38. The minimum absolute atomic E-state index is 0.214. The number of rotatable bonds is 5. The number of morpholine rings is 1. The normalized spacial score (nSPS) is 19.7. The average molecular weight is 311 g/mol. The number of aliphatic hydroxyl groups excluding tert-OH is 1. The molecule has 2 atom stereocenters. The summed E-state index contributed by atoms with van der Waals surface area (Å²) >= 11 is 0. The molecule has 0 aliphatic carbocycles. The highest BCUT2D eigenvalue weighted by molar-refractivity contribution is 5.67. The van der Waals surface area contributed by atoms with Crippen molar-refractivity contribution in [2.24, 2.45) is 0 Å². The van der Waals surface area contributed by atoms with E-state index in [9.17, 15) is 25.3 Å². The molecule has 0 saturated carbocycles. The number of nitro benzene ring substituents is 2. The first-order valence-corrected chi connectivity index (χ1v) is 6.85. The zero-order chi connectivity index (χ0) is 16.3. The maximum Gasteiger partial charge on any atom is 0.299 e. The maximum absolute atomic E-state index is 11.2. The molecule has 1 saturated heterocycles. The molecule has 1 aliphatic heterocycles. The summed E-state index contributed by atoms with van der Waals surface area (Å²) in [4.78, 5) is 22.5. The molecule has 9 heteroatoms. The fraction of sp³-hybridized carbons (Fsp3) is 0.538. The Morgan fingerprint density at radius 3 is 2.73 bits per heavy atom. The van der Waals surface area contributed by atoms with Gasteiger partial charge in [0.05, 0.1) is 41.3 Å². The lowest BCUT2D eigenvalue weighted by molar-refractivity contribution is -0.393. The summed E-state index contributed by atoms with van der Waals surface area (Å²) < 4.78 is 5.37. The lowest BCUT2D eigenvalue weighted by Crippen LogP contribution is -2.47. The van der Waals surface area contributed by atoms with E-state index in [4.69, 9.17) is 4.74 Å². The monoisotopic (exact) mass is 311 g/mol. The number of nitro groups is 2. The van der Waals surface area contributed by atoms with Gasteiger partial charge in [0, 0.05) is 12.6 Å². The summed E-state index contributed by atoms with van der Waals surface area (Å²) in [5, 5.41) is 31.6. The van der Waals surface area contributed by atoms with E-state index in [1.807, 2.05) is 0 Å². The van der Waals surface area contributed by atoms with Crippen molar-refractivity contribution in [3.63, 3.8) is 0 Å². The zero-order valence-electron chi connectivity index (χ0n) is 12.0. The van der Waals surface area contributed by atoms with Crippen LogP contribution >= 0.6 is 0 Å². The third-order valence-corrected chi connectivity index (χ3v) is 3.52. The molecule has 1 aromatic carbocycles. The molecule has 1 heterocycles. The molecular weight excluding hydrogens is 294 g/mol. The molecule has 0 aromatic heterocycles. The van der Waals surface area contributed by atoms with E-state index in [0.717, 1.165) is 6.07 Å². The zero-order valence-corrected chi connectivity index (χ0v) is 12.0. The second-order valence-corrected chi connectivity index (χ2v) is 5.19. The van der Waals surface area contributed by atoms with E-state index in [0.29, 0.717) is 31.9 Å². The van der Waals surface area contributed by atoms with Crippen molar-refractivity contribution in [2.45, 2.75) is 25.5 Å². The predicted octanol–water partition coefficient (Wildman–Crippen LogP) is 1.48. The SMILES string of the molecule is CC(O)CC1COCCN1c1ccc([N+](=O)[O-])cc1[N+](=O)[O-]. The Balaban J connectivity index is 2.40. The van der Waals surface area contributed by atoms with Crippen molar-refractivity contribution >= 4 is 17.1 Å². The van der Waals surface area contributed by atoms with Crippen molar-refractivity contribution < 1.29 is 19.7 Å². The molecule has 0 spiro atoms. The Morgan fingerprint density at radius 2 is 2.14 bits per heavy atom. The van der Waals surface area contributed by atoms with Crippen molar-refractivity contribution in [3.8, 4) is 0 Å². The van der Waals surface area contributed by atoms with Crippen LogP contribution in [0.15, 0.2) is 18.2 Å². The van der Waals surface area contributed by atoms with Crippen molar-refractivity contribution in [1.29, 1.82) is 0 Å². The first kappa shape index (κ1) is 16.1. The molecule has 1 N–H and O–H groups in total. The van der Waals surface area contributed by atoms with Crippen molar-refractivity contribution in [1.82, 2.24) is 0 Å². The third kappa shape index (κ3) is 3.49. The molecule has 0 radical (unpaired) electrons. The lowest BCUT2D eigenvalue weighted by Gasteiger charge is -2.37. The van der Waals surface area contributed by atoms with Crippen LogP contribution in [-0.2, 0) is 4.74 Å². The average Bonchev–Trinajstić information content (AvgIpc) is 2.46. The maximum atomic E-state index is 11.2. The summed E-state index contributed by atoms with van der Waals surface area (Å²) in [5.41, 5.74) is -0.327. The third-order valence-electron chi connectivity index (χ3n) is 3.52. The smallest absolute Gasteiger partial charge is 0.299 e. The standard InChI is InChI=1S/C13H17N3O6/c1-9(17)6-11-8-22-5-4-14(11)12-3-2-10(15(18)19)7-13(12)16(20)21/h2-3,7,9,11,17H,4-6,8H2,1H3. The van der Waals surface area contributed by atoms with Gasteiger partial charge in [-0.1, -0.05) is 0 Å². The highest BCUT2D eigenvalue weighted by Gasteiger charge is 2.30. The fourth-order valence-corrected chi connectivity index (χ4v) is 2.58. The van der Waals surface area contributed by atoms with Crippen LogP contribution < -0.4 is 4.90 Å². The molecule has 1 fully saturated rings. The first-order chi connectivity index (χ1) is 10.4. The Kier molecular flexibility index (Phi) is 4.88. The second kappa shape index (κ2) is 6.67. The van der Waals surface area contributed by atoms with Crippen LogP contribution in [0.2, 0.25) is 0 Å². The molecule has 1 aromatic rings. The van der Waals surface area contributed by atoms with Gasteiger partial charge < -0.3 is 14.7 Å². The number of anilines is 1. The quantitative estimate of drug-likeness (QED) is 0.646. The first-order valence-electron chi connectivity index (χ1n) is 6.85. The Bertz CT molecular complexity index is 577. The molecule has 0 amide bonds. The van der Waals surface area contributed by atoms with Gasteiger partial charge in [0.1, 0.15) is 5.69 Å². The van der Waals surface area contributed by atoms with Crippen molar-refractivity contribution in [2.75, 3.05) is 24.7 Å².